The molecule has 0 spiro atoms. The van der Waals surface area contributed by atoms with E-state index in [0.717, 1.165) is 5.01 Å². The number of aryl methyl sites for hydroxylation is 1. The van der Waals surface area contributed by atoms with Gasteiger partial charge in [-0.3, -0.25) is 4.79 Å². The molecule has 1 aromatic rings. The first kappa shape index (κ1) is 13.2. The summed E-state index contributed by atoms with van der Waals surface area (Å²) in [6.45, 7) is 2.90. The first-order valence-corrected chi connectivity index (χ1v) is 5.65. The maximum absolute atomic E-state index is 11.8. The SMILES string of the molecule is CC(=O)c1sc(CCOCC(F)F)nc1C. The van der Waals surface area contributed by atoms with Gasteiger partial charge in [-0.15, -0.1) is 11.3 Å². The van der Waals surface area contributed by atoms with Gasteiger partial charge < -0.3 is 4.74 Å². The van der Waals surface area contributed by atoms with Gasteiger partial charge in [0.1, 0.15) is 6.61 Å². The molecule has 3 nitrogen and oxygen atoms in total. The van der Waals surface area contributed by atoms with Gasteiger partial charge in [-0.1, -0.05) is 0 Å². The van der Waals surface area contributed by atoms with Crippen LogP contribution in [-0.2, 0) is 11.2 Å². The average Bonchev–Trinajstić information content (AvgIpc) is 2.54. The van der Waals surface area contributed by atoms with Crippen molar-refractivity contribution in [3.05, 3.63) is 15.6 Å². The molecule has 0 saturated heterocycles. The molecule has 0 saturated carbocycles. The second-order valence-corrected chi connectivity index (χ2v) is 4.38. The Balaban J connectivity index is 2.43. The van der Waals surface area contributed by atoms with Crippen molar-refractivity contribution < 1.29 is 18.3 Å². The van der Waals surface area contributed by atoms with Crippen LogP contribution in [0.2, 0.25) is 0 Å². The molecular weight excluding hydrogens is 236 g/mol. The van der Waals surface area contributed by atoms with Gasteiger partial charge in [0, 0.05) is 13.3 Å². The fraction of sp³-hybridized carbons (Fsp3) is 0.600. The average molecular weight is 249 g/mol. The van der Waals surface area contributed by atoms with Crippen LogP contribution in [0.3, 0.4) is 0 Å². The predicted octanol–water partition coefficient (Wildman–Crippen LogP) is 2.48. The lowest BCUT2D eigenvalue weighted by molar-refractivity contribution is 0.0187. The Morgan fingerprint density at radius 3 is 2.75 bits per heavy atom. The quantitative estimate of drug-likeness (QED) is 0.574. The van der Waals surface area contributed by atoms with Gasteiger partial charge in [0.25, 0.3) is 6.43 Å². The largest absolute Gasteiger partial charge is 0.375 e. The highest BCUT2D eigenvalue weighted by Gasteiger charge is 2.11. The number of aromatic nitrogens is 1. The molecule has 1 aromatic heterocycles. The number of hydrogen-bond acceptors (Lipinski definition) is 4. The van der Waals surface area contributed by atoms with E-state index in [1.54, 1.807) is 6.92 Å². The van der Waals surface area contributed by atoms with Crippen molar-refractivity contribution in [2.45, 2.75) is 26.7 Å². The van der Waals surface area contributed by atoms with E-state index in [1.807, 2.05) is 0 Å². The Morgan fingerprint density at radius 2 is 2.25 bits per heavy atom. The van der Waals surface area contributed by atoms with E-state index < -0.39 is 13.0 Å². The number of carbonyl (C=O) groups excluding carboxylic acids is 1. The summed E-state index contributed by atoms with van der Waals surface area (Å²) >= 11 is 1.30. The molecule has 0 atom stereocenters. The molecule has 1 rings (SSSR count). The minimum atomic E-state index is -2.44. The molecule has 0 radical (unpaired) electrons. The van der Waals surface area contributed by atoms with Crippen molar-refractivity contribution in [1.82, 2.24) is 4.98 Å². The van der Waals surface area contributed by atoms with E-state index >= 15 is 0 Å². The lowest BCUT2D eigenvalue weighted by Crippen LogP contribution is -2.06. The number of thiazole rings is 1. The molecule has 0 aliphatic carbocycles. The fourth-order valence-electron chi connectivity index (χ4n) is 1.22. The Labute approximate surface area is 96.5 Å². The molecule has 6 heteroatoms. The summed E-state index contributed by atoms with van der Waals surface area (Å²) in [5, 5.41) is 0.747. The van der Waals surface area contributed by atoms with Crippen LogP contribution in [0.15, 0.2) is 0 Å². The number of ether oxygens (including phenoxy) is 1. The van der Waals surface area contributed by atoms with Crippen LogP contribution in [0.5, 0.6) is 0 Å². The second kappa shape index (κ2) is 6.00. The van der Waals surface area contributed by atoms with Crippen LogP contribution in [0.25, 0.3) is 0 Å². The number of hydrogen-bond donors (Lipinski definition) is 0. The van der Waals surface area contributed by atoms with E-state index in [2.05, 4.69) is 4.98 Å². The van der Waals surface area contributed by atoms with Gasteiger partial charge in [0.2, 0.25) is 0 Å². The Hall–Kier alpha value is -0.880. The van der Waals surface area contributed by atoms with Gasteiger partial charge >= 0.3 is 0 Å². The number of alkyl halides is 2. The molecule has 0 bridgehead atoms. The molecule has 1 heterocycles. The Kier molecular flexibility index (Phi) is 4.95. The third-order valence-corrected chi connectivity index (χ3v) is 3.18. The van der Waals surface area contributed by atoms with E-state index in [9.17, 15) is 13.6 Å². The first-order chi connectivity index (χ1) is 7.50. The minimum Gasteiger partial charge on any atom is -0.375 e. The van der Waals surface area contributed by atoms with Crippen LogP contribution in [0.1, 0.15) is 27.3 Å². The van der Waals surface area contributed by atoms with E-state index in [4.69, 9.17) is 4.74 Å². The number of Topliss-reactive ketones (excluding diaryl/α,β-unsaturated/α-hetero) is 1. The van der Waals surface area contributed by atoms with Crippen molar-refractivity contribution in [3.8, 4) is 0 Å². The highest BCUT2D eigenvalue weighted by molar-refractivity contribution is 7.13. The predicted molar refractivity (Wildman–Crippen MR) is 57.4 cm³/mol. The lowest BCUT2D eigenvalue weighted by atomic mass is 10.3. The molecule has 0 fully saturated rings. The minimum absolute atomic E-state index is 0.0188. The summed E-state index contributed by atoms with van der Waals surface area (Å²) in [7, 11) is 0. The maximum atomic E-state index is 11.8. The van der Waals surface area contributed by atoms with Crippen molar-refractivity contribution in [2.75, 3.05) is 13.2 Å². The number of halogens is 2. The van der Waals surface area contributed by atoms with Gasteiger partial charge in [0.05, 0.1) is 22.2 Å². The molecule has 90 valence electrons. The summed E-state index contributed by atoms with van der Waals surface area (Å²) < 4.78 is 28.2. The first-order valence-electron chi connectivity index (χ1n) is 4.84. The number of carbonyl (C=O) groups is 1. The summed E-state index contributed by atoms with van der Waals surface area (Å²) in [4.78, 5) is 15.9. The zero-order valence-electron chi connectivity index (χ0n) is 9.13. The topological polar surface area (TPSA) is 39.2 Å². The van der Waals surface area contributed by atoms with Crippen molar-refractivity contribution in [3.63, 3.8) is 0 Å². The van der Waals surface area contributed by atoms with E-state index in [-0.39, 0.29) is 12.4 Å². The summed E-state index contributed by atoms with van der Waals surface area (Å²) in [5.74, 6) is -0.0188. The molecule has 0 unspecified atom stereocenters. The van der Waals surface area contributed by atoms with Crippen LogP contribution in [0, 0.1) is 6.92 Å². The third-order valence-electron chi connectivity index (χ3n) is 1.86. The molecular formula is C10H13F2NO2S. The highest BCUT2D eigenvalue weighted by Crippen LogP contribution is 2.18. The molecule has 0 aliphatic rings. The lowest BCUT2D eigenvalue weighted by Gasteiger charge is -2.00. The summed E-state index contributed by atoms with van der Waals surface area (Å²) in [6, 6.07) is 0. The standard InChI is InChI=1S/C10H13F2NO2S/c1-6-10(7(2)14)16-9(13-6)3-4-15-5-8(11)12/h8H,3-5H2,1-2H3. The molecule has 0 N–H and O–H groups in total. The van der Waals surface area contributed by atoms with Crippen molar-refractivity contribution >= 4 is 17.1 Å². The zero-order valence-corrected chi connectivity index (χ0v) is 9.94. The molecule has 16 heavy (non-hydrogen) atoms. The van der Waals surface area contributed by atoms with E-state index in [1.165, 1.54) is 18.3 Å². The van der Waals surface area contributed by atoms with Crippen molar-refractivity contribution in [1.29, 1.82) is 0 Å². The highest BCUT2D eigenvalue weighted by atomic mass is 32.1. The van der Waals surface area contributed by atoms with Gasteiger partial charge in [-0.2, -0.15) is 0 Å². The van der Waals surface area contributed by atoms with Gasteiger partial charge in [0.15, 0.2) is 5.78 Å². The molecule has 0 aromatic carbocycles. The normalized spacial score (nSPS) is 11.1. The smallest absolute Gasteiger partial charge is 0.261 e. The number of rotatable bonds is 6. The van der Waals surface area contributed by atoms with Gasteiger partial charge in [-0.05, 0) is 6.92 Å². The Morgan fingerprint density at radius 1 is 1.56 bits per heavy atom. The Bertz CT molecular complexity index is 366. The van der Waals surface area contributed by atoms with Crippen LogP contribution in [0.4, 0.5) is 8.78 Å². The summed E-state index contributed by atoms with van der Waals surface area (Å²) in [6.07, 6.45) is -1.98. The number of nitrogens with zero attached hydrogens (tertiary/aromatic N) is 1. The molecule has 0 aliphatic heterocycles. The van der Waals surface area contributed by atoms with E-state index in [0.29, 0.717) is 17.0 Å². The summed E-state index contributed by atoms with van der Waals surface area (Å²) in [5.41, 5.74) is 0.696. The van der Waals surface area contributed by atoms with Gasteiger partial charge in [-0.25, -0.2) is 13.8 Å². The molecule has 0 amide bonds. The van der Waals surface area contributed by atoms with Crippen molar-refractivity contribution in [2.24, 2.45) is 0 Å². The third kappa shape index (κ3) is 3.94. The maximum Gasteiger partial charge on any atom is 0.261 e. The van der Waals surface area contributed by atoms with Crippen LogP contribution < -0.4 is 0 Å². The van der Waals surface area contributed by atoms with Crippen LogP contribution in [-0.4, -0.2) is 30.4 Å². The second-order valence-electron chi connectivity index (χ2n) is 3.29. The zero-order chi connectivity index (χ0) is 12.1. The fourth-order valence-corrected chi connectivity index (χ4v) is 2.16. The number of ketones is 1. The van der Waals surface area contributed by atoms with Crippen LogP contribution >= 0.6 is 11.3 Å². The monoisotopic (exact) mass is 249 g/mol.